The SMILES string of the molecule is CCC(Sc1nc2ccccc2o1)C(=O)Nc1cccnc1. The lowest BCUT2D eigenvalue weighted by molar-refractivity contribution is -0.115. The number of oxazole rings is 1. The molecule has 1 atom stereocenters. The predicted molar refractivity (Wildman–Crippen MR) is 86.8 cm³/mol. The summed E-state index contributed by atoms with van der Waals surface area (Å²) in [5.41, 5.74) is 2.21. The smallest absolute Gasteiger partial charge is 0.257 e. The van der Waals surface area contributed by atoms with Gasteiger partial charge >= 0.3 is 0 Å². The molecule has 1 N–H and O–H groups in total. The second-order valence-electron chi connectivity index (χ2n) is 4.69. The number of anilines is 1. The summed E-state index contributed by atoms with van der Waals surface area (Å²) in [7, 11) is 0. The fourth-order valence-corrected chi connectivity index (χ4v) is 2.87. The van der Waals surface area contributed by atoms with Gasteiger partial charge in [-0.2, -0.15) is 0 Å². The molecule has 1 aromatic carbocycles. The predicted octanol–water partition coefficient (Wildman–Crippen LogP) is 3.73. The third kappa shape index (κ3) is 3.28. The summed E-state index contributed by atoms with van der Waals surface area (Å²) < 4.78 is 5.66. The van der Waals surface area contributed by atoms with Crippen LogP contribution in [-0.4, -0.2) is 21.1 Å². The zero-order valence-electron chi connectivity index (χ0n) is 12.0. The minimum absolute atomic E-state index is 0.0808. The second kappa shape index (κ2) is 6.62. The number of nitrogens with zero attached hydrogens (tertiary/aromatic N) is 2. The van der Waals surface area contributed by atoms with E-state index >= 15 is 0 Å². The van der Waals surface area contributed by atoms with E-state index in [1.165, 1.54) is 11.8 Å². The van der Waals surface area contributed by atoms with Crippen LogP contribution in [0.2, 0.25) is 0 Å². The van der Waals surface area contributed by atoms with E-state index in [2.05, 4.69) is 15.3 Å². The van der Waals surface area contributed by atoms with Crippen molar-refractivity contribution in [2.24, 2.45) is 0 Å². The largest absolute Gasteiger partial charge is 0.431 e. The molecule has 3 rings (SSSR count). The van der Waals surface area contributed by atoms with Crippen molar-refractivity contribution in [3.05, 3.63) is 48.8 Å². The monoisotopic (exact) mass is 313 g/mol. The van der Waals surface area contributed by atoms with Gasteiger partial charge in [0.15, 0.2) is 5.58 Å². The maximum atomic E-state index is 12.3. The lowest BCUT2D eigenvalue weighted by Gasteiger charge is -2.12. The van der Waals surface area contributed by atoms with Gasteiger partial charge in [0.05, 0.1) is 17.1 Å². The van der Waals surface area contributed by atoms with Gasteiger partial charge in [-0.3, -0.25) is 9.78 Å². The number of carbonyl (C=O) groups is 1. The summed E-state index contributed by atoms with van der Waals surface area (Å²) in [6.07, 6.45) is 3.96. The Morgan fingerprint density at radius 3 is 2.91 bits per heavy atom. The number of amides is 1. The summed E-state index contributed by atoms with van der Waals surface area (Å²) in [5.74, 6) is -0.0808. The van der Waals surface area contributed by atoms with Crippen LogP contribution in [0.15, 0.2) is 58.4 Å². The van der Waals surface area contributed by atoms with Crippen molar-refractivity contribution in [1.29, 1.82) is 0 Å². The number of pyridine rings is 1. The van der Waals surface area contributed by atoms with Crippen molar-refractivity contribution in [1.82, 2.24) is 9.97 Å². The first-order valence-electron chi connectivity index (χ1n) is 6.99. The molecule has 0 aliphatic rings. The Balaban J connectivity index is 1.72. The Kier molecular flexibility index (Phi) is 4.39. The number of hydrogen-bond acceptors (Lipinski definition) is 5. The molecule has 0 bridgehead atoms. The van der Waals surface area contributed by atoms with E-state index in [4.69, 9.17) is 4.42 Å². The molecular formula is C16H15N3O2S. The molecule has 2 heterocycles. The molecule has 0 fully saturated rings. The van der Waals surface area contributed by atoms with E-state index in [0.29, 0.717) is 17.3 Å². The molecular weight excluding hydrogens is 298 g/mol. The minimum Gasteiger partial charge on any atom is -0.431 e. The highest BCUT2D eigenvalue weighted by atomic mass is 32.2. The lowest BCUT2D eigenvalue weighted by atomic mass is 10.3. The van der Waals surface area contributed by atoms with Crippen LogP contribution in [0.1, 0.15) is 13.3 Å². The third-order valence-corrected chi connectivity index (χ3v) is 4.32. The maximum Gasteiger partial charge on any atom is 0.257 e. The van der Waals surface area contributed by atoms with Gasteiger partial charge in [-0.1, -0.05) is 30.8 Å². The van der Waals surface area contributed by atoms with E-state index in [0.717, 1.165) is 11.1 Å². The van der Waals surface area contributed by atoms with E-state index in [-0.39, 0.29) is 11.2 Å². The van der Waals surface area contributed by atoms with Crippen LogP contribution in [0.5, 0.6) is 0 Å². The number of fused-ring (bicyclic) bond motifs is 1. The highest BCUT2D eigenvalue weighted by Crippen LogP contribution is 2.28. The minimum atomic E-state index is -0.270. The molecule has 0 spiro atoms. The standard InChI is InChI=1S/C16H15N3O2S/c1-2-14(15(20)18-11-6-5-9-17-10-11)22-16-19-12-7-3-4-8-13(12)21-16/h3-10,14H,2H2,1H3,(H,18,20). The number of rotatable bonds is 5. The molecule has 0 aliphatic carbocycles. The first-order chi connectivity index (χ1) is 10.8. The van der Waals surface area contributed by atoms with Crippen LogP contribution in [-0.2, 0) is 4.79 Å². The lowest BCUT2D eigenvalue weighted by Crippen LogP contribution is -2.24. The topological polar surface area (TPSA) is 68.0 Å². The Labute approximate surface area is 132 Å². The van der Waals surface area contributed by atoms with Crippen molar-refractivity contribution in [3.8, 4) is 0 Å². The molecule has 112 valence electrons. The van der Waals surface area contributed by atoms with Gasteiger partial charge in [-0.05, 0) is 30.7 Å². The highest BCUT2D eigenvalue weighted by Gasteiger charge is 2.21. The van der Waals surface area contributed by atoms with Crippen LogP contribution in [0, 0.1) is 0 Å². The van der Waals surface area contributed by atoms with Crippen molar-refractivity contribution in [2.75, 3.05) is 5.32 Å². The third-order valence-electron chi connectivity index (χ3n) is 3.11. The van der Waals surface area contributed by atoms with Crippen molar-refractivity contribution < 1.29 is 9.21 Å². The van der Waals surface area contributed by atoms with Gasteiger partial charge in [0.25, 0.3) is 5.22 Å². The number of benzene rings is 1. The molecule has 6 heteroatoms. The number of aromatic nitrogens is 2. The van der Waals surface area contributed by atoms with Gasteiger partial charge in [-0.15, -0.1) is 0 Å². The second-order valence-corrected chi connectivity index (χ2v) is 5.85. The average Bonchev–Trinajstić information content (AvgIpc) is 2.96. The van der Waals surface area contributed by atoms with Crippen molar-refractivity contribution >= 4 is 34.5 Å². The molecule has 0 radical (unpaired) electrons. The number of carbonyl (C=O) groups excluding carboxylic acids is 1. The molecule has 0 saturated carbocycles. The van der Waals surface area contributed by atoms with Crippen LogP contribution in [0.4, 0.5) is 5.69 Å². The molecule has 3 aromatic rings. The highest BCUT2D eigenvalue weighted by molar-refractivity contribution is 8.00. The number of hydrogen-bond donors (Lipinski definition) is 1. The molecule has 5 nitrogen and oxygen atoms in total. The first kappa shape index (κ1) is 14.6. The Bertz CT molecular complexity index is 740. The van der Waals surface area contributed by atoms with E-state index < -0.39 is 0 Å². The van der Waals surface area contributed by atoms with Gasteiger partial charge in [0, 0.05) is 6.20 Å². The summed E-state index contributed by atoms with van der Waals surface area (Å²) >= 11 is 1.33. The van der Waals surface area contributed by atoms with Crippen LogP contribution in [0.3, 0.4) is 0 Å². The summed E-state index contributed by atoms with van der Waals surface area (Å²) in [6, 6.07) is 11.1. The van der Waals surface area contributed by atoms with Gasteiger partial charge in [0.1, 0.15) is 5.52 Å². The molecule has 22 heavy (non-hydrogen) atoms. The summed E-state index contributed by atoms with van der Waals surface area (Å²) in [4.78, 5) is 20.7. The Hall–Kier alpha value is -2.34. The first-order valence-corrected chi connectivity index (χ1v) is 7.87. The quantitative estimate of drug-likeness (QED) is 0.727. The van der Waals surface area contributed by atoms with Gasteiger partial charge in [0.2, 0.25) is 5.91 Å². The molecule has 1 unspecified atom stereocenters. The number of para-hydroxylation sites is 2. The van der Waals surface area contributed by atoms with Crippen LogP contribution >= 0.6 is 11.8 Å². The van der Waals surface area contributed by atoms with E-state index in [1.54, 1.807) is 18.5 Å². The van der Waals surface area contributed by atoms with Gasteiger partial charge < -0.3 is 9.73 Å². The number of thioether (sulfide) groups is 1. The summed E-state index contributed by atoms with van der Waals surface area (Å²) in [5, 5.41) is 3.09. The van der Waals surface area contributed by atoms with E-state index in [1.807, 2.05) is 37.3 Å². The number of nitrogens with one attached hydrogen (secondary N) is 1. The maximum absolute atomic E-state index is 12.3. The summed E-state index contributed by atoms with van der Waals surface area (Å²) in [6.45, 7) is 1.96. The molecule has 0 saturated heterocycles. The normalized spacial score (nSPS) is 12.2. The zero-order valence-corrected chi connectivity index (χ0v) is 12.8. The zero-order chi connectivity index (χ0) is 15.4. The Morgan fingerprint density at radius 1 is 1.32 bits per heavy atom. The fourth-order valence-electron chi connectivity index (χ4n) is 2.00. The molecule has 1 amide bonds. The van der Waals surface area contributed by atoms with Crippen molar-refractivity contribution in [2.45, 2.75) is 23.8 Å². The van der Waals surface area contributed by atoms with Gasteiger partial charge in [-0.25, -0.2) is 4.98 Å². The van der Waals surface area contributed by atoms with Crippen molar-refractivity contribution in [3.63, 3.8) is 0 Å². The van der Waals surface area contributed by atoms with E-state index in [9.17, 15) is 4.79 Å². The van der Waals surface area contributed by atoms with Crippen LogP contribution in [0.25, 0.3) is 11.1 Å². The fraction of sp³-hybridized carbons (Fsp3) is 0.188. The average molecular weight is 313 g/mol. The Morgan fingerprint density at radius 2 is 2.18 bits per heavy atom. The van der Waals surface area contributed by atoms with Crippen LogP contribution < -0.4 is 5.32 Å². The molecule has 0 aliphatic heterocycles. The molecule has 2 aromatic heterocycles.